The molecule has 1 N–H and O–H groups in total. The van der Waals surface area contributed by atoms with E-state index in [0.29, 0.717) is 0 Å². The predicted octanol–water partition coefficient (Wildman–Crippen LogP) is 3.20. The summed E-state index contributed by atoms with van der Waals surface area (Å²) in [6.45, 7) is 3.51. The third-order valence-corrected chi connectivity index (χ3v) is 5.11. The van der Waals surface area contributed by atoms with E-state index in [9.17, 15) is 0 Å². The van der Waals surface area contributed by atoms with Crippen LogP contribution in [0.3, 0.4) is 0 Å². The van der Waals surface area contributed by atoms with Crippen molar-refractivity contribution in [2.75, 3.05) is 24.5 Å². The van der Waals surface area contributed by atoms with Crippen LogP contribution in [0.25, 0.3) is 10.9 Å². The third kappa shape index (κ3) is 2.62. The maximum Gasteiger partial charge on any atom is 0.129 e. The van der Waals surface area contributed by atoms with E-state index in [1.54, 1.807) is 0 Å². The quantitative estimate of drug-likeness (QED) is 0.916. The summed E-state index contributed by atoms with van der Waals surface area (Å²) in [5.41, 5.74) is 1.11. The number of nitrogens with one attached hydrogen (secondary N) is 1. The molecule has 1 atom stereocenters. The molecule has 110 valence electrons. The number of aromatic nitrogens is 1. The average Bonchev–Trinajstić information content (AvgIpc) is 3.09. The lowest BCUT2D eigenvalue weighted by Gasteiger charge is -2.35. The van der Waals surface area contributed by atoms with Crippen LogP contribution in [0.1, 0.15) is 25.7 Å². The van der Waals surface area contributed by atoms with Gasteiger partial charge in [-0.05, 0) is 56.3 Å². The summed E-state index contributed by atoms with van der Waals surface area (Å²) < 4.78 is 0. The van der Waals surface area contributed by atoms with E-state index in [4.69, 9.17) is 4.98 Å². The summed E-state index contributed by atoms with van der Waals surface area (Å²) in [5.74, 6) is 2.01. The lowest BCUT2D eigenvalue weighted by Crippen LogP contribution is -2.41. The van der Waals surface area contributed by atoms with Crippen molar-refractivity contribution in [1.29, 1.82) is 0 Å². The van der Waals surface area contributed by atoms with E-state index in [2.05, 4.69) is 46.6 Å². The summed E-state index contributed by atoms with van der Waals surface area (Å²) >= 11 is 0. The smallest absolute Gasteiger partial charge is 0.129 e. The SMILES string of the molecule is c1ccc2nc(N3CCC(C4CCCN4)CC3)ccc2c1. The van der Waals surface area contributed by atoms with Crippen molar-refractivity contribution in [2.24, 2.45) is 5.92 Å². The number of hydrogen-bond acceptors (Lipinski definition) is 3. The number of fused-ring (bicyclic) bond motifs is 1. The first-order valence-electron chi connectivity index (χ1n) is 8.24. The molecule has 4 rings (SSSR count). The summed E-state index contributed by atoms with van der Waals surface area (Å²) in [6, 6.07) is 13.5. The molecule has 2 fully saturated rings. The van der Waals surface area contributed by atoms with Gasteiger partial charge >= 0.3 is 0 Å². The Kier molecular flexibility index (Phi) is 3.52. The second kappa shape index (κ2) is 5.64. The Morgan fingerprint density at radius 3 is 2.67 bits per heavy atom. The summed E-state index contributed by atoms with van der Waals surface area (Å²) in [6.07, 6.45) is 5.33. The molecule has 0 aliphatic carbocycles. The molecule has 0 amide bonds. The molecule has 0 saturated carbocycles. The normalized spacial score (nSPS) is 23.8. The van der Waals surface area contributed by atoms with Crippen molar-refractivity contribution in [3.63, 3.8) is 0 Å². The van der Waals surface area contributed by atoms with Crippen LogP contribution in [0.5, 0.6) is 0 Å². The Labute approximate surface area is 126 Å². The van der Waals surface area contributed by atoms with Gasteiger partial charge in [-0.1, -0.05) is 18.2 Å². The second-order valence-electron chi connectivity index (χ2n) is 6.39. The Morgan fingerprint density at radius 2 is 1.86 bits per heavy atom. The van der Waals surface area contributed by atoms with Gasteiger partial charge in [0.25, 0.3) is 0 Å². The van der Waals surface area contributed by atoms with Crippen LogP contribution in [-0.4, -0.2) is 30.7 Å². The highest BCUT2D eigenvalue weighted by molar-refractivity contribution is 5.80. The molecule has 2 aliphatic rings. The highest BCUT2D eigenvalue weighted by atomic mass is 15.2. The van der Waals surface area contributed by atoms with Gasteiger partial charge in [-0.15, -0.1) is 0 Å². The Bertz CT molecular complexity index is 611. The molecular weight excluding hydrogens is 258 g/mol. The van der Waals surface area contributed by atoms with Gasteiger partial charge in [-0.2, -0.15) is 0 Å². The van der Waals surface area contributed by atoms with E-state index >= 15 is 0 Å². The van der Waals surface area contributed by atoms with Crippen molar-refractivity contribution in [1.82, 2.24) is 10.3 Å². The maximum absolute atomic E-state index is 4.83. The molecule has 3 nitrogen and oxygen atoms in total. The van der Waals surface area contributed by atoms with Crippen molar-refractivity contribution < 1.29 is 0 Å². The Hall–Kier alpha value is -1.61. The van der Waals surface area contributed by atoms with Crippen molar-refractivity contribution in [3.05, 3.63) is 36.4 Å². The van der Waals surface area contributed by atoms with E-state index in [0.717, 1.165) is 36.4 Å². The zero-order chi connectivity index (χ0) is 14.1. The minimum absolute atomic E-state index is 0.775. The van der Waals surface area contributed by atoms with E-state index in [1.165, 1.54) is 37.6 Å². The van der Waals surface area contributed by atoms with Gasteiger partial charge in [0.2, 0.25) is 0 Å². The van der Waals surface area contributed by atoms with E-state index in [1.807, 2.05) is 0 Å². The van der Waals surface area contributed by atoms with Gasteiger partial charge in [-0.3, -0.25) is 0 Å². The zero-order valence-corrected chi connectivity index (χ0v) is 12.5. The fourth-order valence-electron chi connectivity index (χ4n) is 3.88. The monoisotopic (exact) mass is 281 g/mol. The van der Waals surface area contributed by atoms with Crippen molar-refractivity contribution in [2.45, 2.75) is 31.7 Å². The van der Waals surface area contributed by atoms with Crippen LogP contribution in [0, 0.1) is 5.92 Å². The second-order valence-corrected chi connectivity index (χ2v) is 6.39. The lowest BCUT2D eigenvalue weighted by molar-refractivity contribution is 0.318. The molecule has 3 heteroatoms. The molecule has 2 aliphatic heterocycles. The Balaban J connectivity index is 1.46. The number of piperidine rings is 1. The minimum Gasteiger partial charge on any atom is -0.357 e. The van der Waals surface area contributed by atoms with Crippen molar-refractivity contribution >= 4 is 16.7 Å². The van der Waals surface area contributed by atoms with Crippen LogP contribution in [0.2, 0.25) is 0 Å². The van der Waals surface area contributed by atoms with Gasteiger partial charge in [0, 0.05) is 24.5 Å². The molecule has 2 aromatic rings. The fourth-order valence-corrected chi connectivity index (χ4v) is 3.88. The molecule has 0 spiro atoms. The van der Waals surface area contributed by atoms with Gasteiger partial charge in [0.1, 0.15) is 5.82 Å². The predicted molar refractivity (Wildman–Crippen MR) is 87.7 cm³/mol. The molecule has 2 saturated heterocycles. The number of rotatable bonds is 2. The van der Waals surface area contributed by atoms with Gasteiger partial charge in [0.15, 0.2) is 0 Å². The first-order valence-corrected chi connectivity index (χ1v) is 8.24. The first kappa shape index (κ1) is 13.1. The molecule has 1 aromatic heterocycles. The lowest BCUT2D eigenvalue weighted by atomic mass is 9.88. The number of nitrogens with zero attached hydrogens (tertiary/aromatic N) is 2. The minimum atomic E-state index is 0.775. The van der Waals surface area contributed by atoms with Gasteiger partial charge < -0.3 is 10.2 Å². The van der Waals surface area contributed by atoms with Crippen molar-refractivity contribution in [3.8, 4) is 0 Å². The number of anilines is 1. The summed E-state index contributed by atoms with van der Waals surface area (Å²) in [5, 5.41) is 4.90. The number of pyridine rings is 1. The highest BCUT2D eigenvalue weighted by Crippen LogP contribution is 2.28. The third-order valence-electron chi connectivity index (χ3n) is 5.11. The summed E-state index contributed by atoms with van der Waals surface area (Å²) in [7, 11) is 0. The maximum atomic E-state index is 4.83. The largest absolute Gasteiger partial charge is 0.357 e. The van der Waals surface area contributed by atoms with Gasteiger partial charge in [-0.25, -0.2) is 4.98 Å². The number of benzene rings is 1. The Morgan fingerprint density at radius 1 is 1.00 bits per heavy atom. The van der Waals surface area contributed by atoms with Crippen LogP contribution >= 0.6 is 0 Å². The molecule has 0 radical (unpaired) electrons. The molecule has 1 aromatic carbocycles. The summed E-state index contributed by atoms with van der Waals surface area (Å²) in [4.78, 5) is 7.29. The van der Waals surface area contributed by atoms with Crippen LogP contribution in [0.4, 0.5) is 5.82 Å². The topological polar surface area (TPSA) is 28.2 Å². The highest BCUT2D eigenvalue weighted by Gasteiger charge is 2.28. The molecule has 1 unspecified atom stereocenters. The van der Waals surface area contributed by atoms with Crippen LogP contribution in [0.15, 0.2) is 36.4 Å². The molecule has 0 bridgehead atoms. The van der Waals surface area contributed by atoms with Crippen LogP contribution in [-0.2, 0) is 0 Å². The molecule has 3 heterocycles. The average molecular weight is 281 g/mol. The standard InChI is InChI=1S/C18H23N3/c1-2-5-17-14(4-1)7-8-18(20-17)21-12-9-15(10-13-21)16-6-3-11-19-16/h1-2,4-5,7-8,15-16,19H,3,6,9-13H2. The van der Waals surface area contributed by atoms with E-state index < -0.39 is 0 Å². The molecule has 21 heavy (non-hydrogen) atoms. The van der Waals surface area contributed by atoms with Crippen LogP contribution < -0.4 is 10.2 Å². The zero-order valence-electron chi connectivity index (χ0n) is 12.5. The number of para-hydroxylation sites is 1. The van der Waals surface area contributed by atoms with E-state index in [-0.39, 0.29) is 0 Å². The number of hydrogen-bond donors (Lipinski definition) is 1. The fraction of sp³-hybridized carbons (Fsp3) is 0.500. The first-order chi connectivity index (χ1) is 10.4. The molecular formula is C18H23N3. The van der Waals surface area contributed by atoms with Gasteiger partial charge in [0.05, 0.1) is 5.52 Å².